The van der Waals surface area contributed by atoms with E-state index in [9.17, 15) is 4.39 Å². The van der Waals surface area contributed by atoms with Crippen LogP contribution in [0.1, 0.15) is 11.4 Å². The second-order valence-electron chi connectivity index (χ2n) is 2.62. The Morgan fingerprint density at radius 1 is 1.31 bits per heavy atom. The predicted octanol–water partition coefficient (Wildman–Crippen LogP) is 1.80. The number of hydrogen-bond donors (Lipinski definition) is 0. The Labute approximate surface area is 74.2 Å². The summed E-state index contributed by atoms with van der Waals surface area (Å²) in [7, 11) is 0. The number of aromatic nitrogens is 2. The standard InChI is InChI=1S/C9H7FN2O/c10-8-4-2-1-3-7(8)5-9-11-6-13-12-9/h1-4,6H,5H2. The number of nitrogens with zero attached hydrogens (tertiary/aromatic N) is 2. The average molecular weight is 178 g/mol. The molecule has 0 saturated carbocycles. The van der Waals surface area contributed by atoms with Crippen molar-refractivity contribution in [2.45, 2.75) is 6.42 Å². The molecule has 0 aliphatic rings. The van der Waals surface area contributed by atoms with Crippen molar-refractivity contribution in [2.24, 2.45) is 0 Å². The Kier molecular flexibility index (Phi) is 2.04. The Morgan fingerprint density at radius 2 is 2.15 bits per heavy atom. The normalized spacial score (nSPS) is 10.2. The molecule has 13 heavy (non-hydrogen) atoms. The van der Waals surface area contributed by atoms with Crippen LogP contribution in [0.2, 0.25) is 0 Å². The molecule has 4 heteroatoms. The Balaban J connectivity index is 2.24. The van der Waals surface area contributed by atoms with Gasteiger partial charge < -0.3 is 4.52 Å². The first-order valence-corrected chi connectivity index (χ1v) is 3.85. The molecule has 0 aliphatic carbocycles. The van der Waals surface area contributed by atoms with E-state index in [-0.39, 0.29) is 5.82 Å². The first kappa shape index (κ1) is 7.91. The molecule has 0 amide bonds. The molecule has 0 saturated heterocycles. The van der Waals surface area contributed by atoms with Gasteiger partial charge in [-0.15, -0.1) is 0 Å². The number of rotatable bonds is 2. The van der Waals surface area contributed by atoms with E-state index in [0.29, 0.717) is 17.8 Å². The molecule has 2 aromatic rings. The smallest absolute Gasteiger partial charge is 0.213 e. The van der Waals surface area contributed by atoms with Crippen molar-refractivity contribution in [3.63, 3.8) is 0 Å². The van der Waals surface area contributed by atoms with Gasteiger partial charge in [-0.25, -0.2) is 4.39 Å². The number of hydrogen-bond acceptors (Lipinski definition) is 3. The van der Waals surface area contributed by atoms with Gasteiger partial charge in [-0.1, -0.05) is 23.4 Å². The van der Waals surface area contributed by atoms with E-state index in [1.165, 1.54) is 12.5 Å². The lowest BCUT2D eigenvalue weighted by atomic mass is 10.1. The maximum absolute atomic E-state index is 13.1. The summed E-state index contributed by atoms with van der Waals surface area (Å²) in [5.74, 6) is 0.248. The molecule has 0 spiro atoms. The van der Waals surface area contributed by atoms with Crippen LogP contribution in [-0.4, -0.2) is 10.1 Å². The monoisotopic (exact) mass is 178 g/mol. The van der Waals surface area contributed by atoms with E-state index < -0.39 is 0 Å². The molecular formula is C9H7FN2O. The van der Waals surface area contributed by atoms with Gasteiger partial charge in [-0.3, -0.25) is 0 Å². The van der Waals surface area contributed by atoms with Crippen LogP contribution in [-0.2, 0) is 6.42 Å². The lowest BCUT2D eigenvalue weighted by Crippen LogP contribution is -1.93. The molecule has 0 radical (unpaired) electrons. The first-order valence-electron chi connectivity index (χ1n) is 3.85. The van der Waals surface area contributed by atoms with Gasteiger partial charge in [0, 0.05) is 6.42 Å². The van der Waals surface area contributed by atoms with Crippen LogP contribution in [0, 0.1) is 5.82 Å². The highest BCUT2D eigenvalue weighted by Gasteiger charge is 2.04. The molecule has 2 rings (SSSR count). The van der Waals surface area contributed by atoms with Crippen molar-refractivity contribution >= 4 is 0 Å². The first-order chi connectivity index (χ1) is 6.36. The lowest BCUT2D eigenvalue weighted by Gasteiger charge is -1.97. The Hall–Kier alpha value is -1.71. The van der Waals surface area contributed by atoms with Gasteiger partial charge in [-0.05, 0) is 11.6 Å². The molecule has 0 fully saturated rings. The quantitative estimate of drug-likeness (QED) is 0.703. The minimum absolute atomic E-state index is 0.243. The second kappa shape index (κ2) is 3.35. The fourth-order valence-electron chi connectivity index (χ4n) is 1.08. The van der Waals surface area contributed by atoms with E-state index in [1.807, 2.05) is 0 Å². The zero-order chi connectivity index (χ0) is 9.10. The highest BCUT2D eigenvalue weighted by Crippen LogP contribution is 2.09. The Bertz CT molecular complexity index is 386. The van der Waals surface area contributed by atoms with Gasteiger partial charge in [0.2, 0.25) is 6.39 Å². The lowest BCUT2D eigenvalue weighted by molar-refractivity contribution is 0.411. The van der Waals surface area contributed by atoms with Gasteiger partial charge >= 0.3 is 0 Å². The average Bonchev–Trinajstić information content (AvgIpc) is 2.61. The van der Waals surface area contributed by atoms with E-state index in [1.54, 1.807) is 18.2 Å². The largest absolute Gasteiger partial charge is 0.343 e. The minimum Gasteiger partial charge on any atom is -0.343 e. The van der Waals surface area contributed by atoms with Crippen molar-refractivity contribution in [2.75, 3.05) is 0 Å². The molecule has 0 aliphatic heterocycles. The number of halogens is 1. The van der Waals surface area contributed by atoms with Crippen molar-refractivity contribution in [1.29, 1.82) is 0 Å². The van der Waals surface area contributed by atoms with Crippen molar-refractivity contribution in [3.05, 3.63) is 47.9 Å². The Morgan fingerprint density at radius 3 is 2.85 bits per heavy atom. The summed E-state index contributed by atoms with van der Waals surface area (Å²) in [5.41, 5.74) is 0.573. The third kappa shape index (κ3) is 1.72. The molecule has 1 aromatic heterocycles. The van der Waals surface area contributed by atoms with Crippen molar-refractivity contribution in [3.8, 4) is 0 Å². The minimum atomic E-state index is -0.243. The molecule has 0 N–H and O–H groups in total. The van der Waals surface area contributed by atoms with Crippen molar-refractivity contribution < 1.29 is 8.91 Å². The third-order valence-corrected chi connectivity index (χ3v) is 1.71. The van der Waals surface area contributed by atoms with E-state index in [2.05, 4.69) is 14.7 Å². The van der Waals surface area contributed by atoms with Gasteiger partial charge in [0.25, 0.3) is 0 Å². The molecule has 0 bridgehead atoms. The zero-order valence-corrected chi connectivity index (χ0v) is 6.77. The van der Waals surface area contributed by atoms with E-state index in [4.69, 9.17) is 0 Å². The van der Waals surface area contributed by atoms with E-state index >= 15 is 0 Å². The second-order valence-corrected chi connectivity index (χ2v) is 2.62. The summed E-state index contributed by atoms with van der Waals surface area (Å²) in [4.78, 5) is 3.81. The summed E-state index contributed by atoms with van der Waals surface area (Å²) in [6.07, 6.45) is 1.60. The molecule has 0 atom stereocenters. The van der Waals surface area contributed by atoms with Crippen LogP contribution in [0.4, 0.5) is 4.39 Å². The molecule has 3 nitrogen and oxygen atoms in total. The third-order valence-electron chi connectivity index (χ3n) is 1.71. The van der Waals surface area contributed by atoms with Crippen LogP contribution in [0.3, 0.4) is 0 Å². The SMILES string of the molecule is Fc1ccccc1Cc1ncon1. The van der Waals surface area contributed by atoms with Gasteiger partial charge in [0.15, 0.2) is 5.82 Å². The van der Waals surface area contributed by atoms with Crippen molar-refractivity contribution in [1.82, 2.24) is 10.1 Å². The molecule has 0 unspecified atom stereocenters. The summed E-state index contributed by atoms with van der Waals surface area (Å²) >= 11 is 0. The van der Waals surface area contributed by atoms with Gasteiger partial charge in [-0.2, -0.15) is 4.98 Å². The topological polar surface area (TPSA) is 38.9 Å². The van der Waals surface area contributed by atoms with Crippen LogP contribution >= 0.6 is 0 Å². The maximum Gasteiger partial charge on any atom is 0.213 e. The highest BCUT2D eigenvalue weighted by molar-refractivity contribution is 5.20. The van der Waals surface area contributed by atoms with Crippen LogP contribution < -0.4 is 0 Å². The summed E-state index contributed by atoms with van der Waals surface area (Å²) in [6, 6.07) is 6.54. The summed E-state index contributed by atoms with van der Waals surface area (Å²) in [6.45, 7) is 0. The zero-order valence-electron chi connectivity index (χ0n) is 6.77. The van der Waals surface area contributed by atoms with Crippen LogP contribution in [0.5, 0.6) is 0 Å². The van der Waals surface area contributed by atoms with E-state index in [0.717, 1.165) is 0 Å². The summed E-state index contributed by atoms with van der Waals surface area (Å²) in [5, 5.41) is 3.60. The van der Waals surface area contributed by atoms with Crippen LogP contribution in [0.15, 0.2) is 35.2 Å². The molecule has 1 aromatic carbocycles. The van der Waals surface area contributed by atoms with Crippen LogP contribution in [0.25, 0.3) is 0 Å². The molecular weight excluding hydrogens is 171 g/mol. The molecule has 66 valence electrons. The number of benzene rings is 1. The van der Waals surface area contributed by atoms with Gasteiger partial charge in [0.1, 0.15) is 5.82 Å². The molecule has 1 heterocycles. The fourth-order valence-corrected chi connectivity index (χ4v) is 1.08. The van der Waals surface area contributed by atoms with Gasteiger partial charge in [0.05, 0.1) is 0 Å². The highest BCUT2D eigenvalue weighted by atomic mass is 19.1. The maximum atomic E-state index is 13.1. The predicted molar refractivity (Wildman–Crippen MR) is 43.5 cm³/mol. The summed E-state index contributed by atoms with van der Waals surface area (Å²) < 4.78 is 17.6. The fraction of sp³-hybridized carbons (Fsp3) is 0.111.